The lowest BCUT2D eigenvalue weighted by atomic mass is 9.86. The number of fused-ring (bicyclic) bond motifs is 15. The normalized spacial score (nSPS) is 31.1. The van der Waals surface area contributed by atoms with E-state index in [2.05, 4.69) is 42.5 Å². The van der Waals surface area contributed by atoms with Crippen molar-refractivity contribution in [2.75, 3.05) is 40.8 Å². The number of amides is 8. The largest absolute Gasteiger partial charge is 0.508 e. The summed E-state index contributed by atoms with van der Waals surface area (Å²) in [7, 11) is 5.08. The first-order valence-electron chi connectivity index (χ1n) is 37.9. The SMILES string of the molecule is CN[C@H](CC(C)C)C(=O)N[C@H]1C(=O)N[C@@H](CC(N)=O)C(=O)N[C@H]2C(=O)N[C@H]3C(=O)N[C@H](C(=O)N[C@H](C(=O)NCCCN(C)C)c4cc(O)cc(O)c4-c4cc3ccc4O)[C@H](O[C@H]3C[C@](C)(N)[C@@H](O)[C@H](C)O3)c3ccc(c(Cl)c3)Oc3cc2cc(c3O[C@@H]2O[C@H](CO)[C@@H](O)[C@H](O)[C@H]2O[C@H]2C[C@](C)(N)[C@H](O)[C@H](C)O2)Oc2ccc(cc2Cl)[C@H]1O. The average Bonchev–Trinajstić information content (AvgIpc) is 0.763. The van der Waals surface area contributed by atoms with Crippen LogP contribution in [0.2, 0.25) is 10.0 Å². The monoisotopic (exact) mass is 1670 g/mol. The van der Waals surface area contributed by atoms with Crippen LogP contribution in [0.15, 0.2) is 78.9 Å². The number of phenols is 3. The number of aromatic hydroxyl groups is 3. The molecule has 8 aliphatic heterocycles. The van der Waals surface area contributed by atoms with Gasteiger partial charge < -0.3 is 148 Å². The van der Waals surface area contributed by atoms with E-state index in [0.717, 1.165) is 48.5 Å². The van der Waals surface area contributed by atoms with Crippen molar-refractivity contribution < 1.29 is 122 Å². The zero-order valence-electron chi connectivity index (χ0n) is 65.3. The van der Waals surface area contributed by atoms with Crippen molar-refractivity contribution in [2.45, 2.75) is 207 Å². The Labute approximate surface area is 681 Å². The van der Waals surface area contributed by atoms with Crippen LogP contribution in [0.1, 0.15) is 132 Å². The first-order valence-corrected chi connectivity index (χ1v) is 38.7. The summed E-state index contributed by atoms with van der Waals surface area (Å²) >= 11 is 14.6. The van der Waals surface area contributed by atoms with E-state index in [9.17, 15) is 55.5 Å². The lowest BCUT2D eigenvalue weighted by Crippen LogP contribution is -2.64. The highest BCUT2D eigenvalue weighted by molar-refractivity contribution is 6.32. The predicted octanol–water partition coefficient (Wildman–Crippen LogP) is 0.327. The Kier molecular flexibility index (Phi) is 27.6. The van der Waals surface area contributed by atoms with Crippen LogP contribution in [0.25, 0.3) is 11.1 Å². The number of carbonyl (C=O) groups excluding carboxylic acids is 8. The number of halogens is 2. The molecule has 37 nitrogen and oxygen atoms in total. The summed E-state index contributed by atoms with van der Waals surface area (Å²) in [6, 6.07) is 0.737. The van der Waals surface area contributed by atoms with Crippen molar-refractivity contribution in [3.05, 3.63) is 117 Å². The summed E-state index contributed by atoms with van der Waals surface area (Å²) in [6.45, 7) is 9.14. The molecule has 13 rings (SSSR count). The number of primary amides is 1. The molecule has 8 heterocycles. The highest BCUT2D eigenvalue weighted by Gasteiger charge is 2.53. The second kappa shape index (κ2) is 36.5. The number of aliphatic hydroxyl groups is 6. The van der Waals surface area contributed by atoms with E-state index in [1.807, 2.05) is 18.7 Å². The quantitative estimate of drug-likeness (QED) is 0.0495. The number of rotatable bonds is 19. The second-order valence-corrected chi connectivity index (χ2v) is 32.2. The molecular formula is C78H100Cl2N12O25. The molecule has 0 saturated carbocycles. The average molecular weight is 1680 g/mol. The summed E-state index contributed by atoms with van der Waals surface area (Å²) in [5.74, 6) is -14.6. The van der Waals surface area contributed by atoms with E-state index in [4.69, 9.17) is 78.3 Å². The zero-order valence-corrected chi connectivity index (χ0v) is 66.8. The fourth-order valence-corrected chi connectivity index (χ4v) is 15.4. The molecule has 23 N–H and O–H groups in total. The van der Waals surface area contributed by atoms with Gasteiger partial charge in [-0.05, 0) is 157 Å². The molecule has 0 unspecified atom stereocenters. The van der Waals surface area contributed by atoms with Crippen LogP contribution < -0.4 is 73.9 Å². The minimum atomic E-state index is -2.37. The van der Waals surface area contributed by atoms with Gasteiger partial charge in [0.25, 0.3) is 0 Å². The predicted molar refractivity (Wildman–Crippen MR) is 414 cm³/mol. The zero-order chi connectivity index (χ0) is 85.3. The van der Waals surface area contributed by atoms with Crippen LogP contribution in [0.5, 0.6) is 46.0 Å². The van der Waals surface area contributed by atoms with E-state index in [1.54, 1.807) is 14.1 Å². The molecule has 8 aliphatic rings. The van der Waals surface area contributed by atoms with Gasteiger partial charge in [-0.15, -0.1) is 0 Å². The number of phenolic OH excluding ortho intramolecular Hbond substituents is 3. The molecule has 3 fully saturated rings. The van der Waals surface area contributed by atoms with Crippen LogP contribution in [-0.4, -0.2) is 242 Å². The van der Waals surface area contributed by atoms with Gasteiger partial charge in [0, 0.05) is 47.7 Å². The number of carbonyl (C=O) groups is 8. The maximum Gasteiger partial charge on any atom is 0.248 e. The maximum atomic E-state index is 16.5. The van der Waals surface area contributed by atoms with Gasteiger partial charge in [0.2, 0.25) is 59.3 Å². The number of benzene rings is 5. The first kappa shape index (κ1) is 88.5. The molecule has 3 saturated heterocycles. The number of hydrogen-bond donors (Lipinski definition) is 20. The topological polar surface area (TPSA) is 570 Å². The van der Waals surface area contributed by atoms with Gasteiger partial charge in [0.05, 0.1) is 53.5 Å². The molecule has 5 aromatic rings. The van der Waals surface area contributed by atoms with E-state index < -0.39 is 244 Å². The first-order chi connectivity index (χ1) is 55.1. The number of hydrogen-bond acceptors (Lipinski definition) is 29. The molecule has 0 radical (unpaired) electrons. The minimum absolute atomic E-state index is 0.0152. The van der Waals surface area contributed by atoms with Gasteiger partial charge in [-0.25, -0.2) is 0 Å². The minimum Gasteiger partial charge on any atom is -0.508 e. The van der Waals surface area contributed by atoms with E-state index in [-0.39, 0.29) is 76.1 Å². The molecule has 0 spiro atoms. The maximum absolute atomic E-state index is 16.5. The van der Waals surface area contributed by atoms with Crippen molar-refractivity contribution in [1.82, 2.24) is 47.4 Å². The Balaban J connectivity index is 1.19. The lowest BCUT2D eigenvalue weighted by molar-refractivity contribution is -0.333. The van der Waals surface area contributed by atoms with Gasteiger partial charge >= 0.3 is 0 Å². The third-order valence-corrected chi connectivity index (χ3v) is 21.8. The van der Waals surface area contributed by atoms with E-state index in [1.165, 1.54) is 65.1 Å². The Morgan fingerprint density at radius 2 is 1.26 bits per heavy atom. The van der Waals surface area contributed by atoms with Crippen LogP contribution in [0.3, 0.4) is 0 Å². The van der Waals surface area contributed by atoms with Crippen molar-refractivity contribution >= 4 is 70.5 Å². The van der Waals surface area contributed by atoms with Gasteiger partial charge in [-0.2, -0.15) is 0 Å². The second-order valence-electron chi connectivity index (χ2n) is 31.4. The van der Waals surface area contributed by atoms with Crippen LogP contribution in [-0.2, 0) is 62.0 Å². The molecule has 117 heavy (non-hydrogen) atoms. The van der Waals surface area contributed by atoms with Crippen molar-refractivity contribution in [3.8, 4) is 57.1 Å². The van der Waals surface area contributed by atoms with Gasteiger partial charge in [-0.3, -0.25) is 38.4 Å². The fourth-order valence-electron chi connectivity index (χ4n) is 15.0. The molecule has 39 heteroatoms. The Morgan fingerprint density at radius 3 is 1.84 bits per heavy atom. The Bertz CT molecular complexity index is 4560. The third-order valence-electron chi connectivity index (χ3n) is 21.2. The number of nitrogens with one attached hydrogen (secondary N) is 8. The van der Waals surface area contributed by atoms with Gasteiger partial charge in [0.15, 0.2) is 30.2 Å². The molecule has 636 valence electrons. The highest BCUT2D eigenvalue weighted by atomic mass is 35.5. The van der Waals surface area contributed by atoms with Crippen molar-refractivity contribution in [2.24, 2.45) is 23.1 Å². The fraction of sp³-hybridized carbons (Fsp3) is 0.513. The summed E-state index contributed by atoms with van der Waals surface area (Å²) in [5.41, 5.74) is 14.1. The molecular weight excluding hydrogens is 1580 g/mol. The summed E-state index contributed by atoms with van der Waals surface area (Å²) in [6.07, 6.45) is -22.3. The standard InChI is InChI=1S/C78H100Cl2N12O25/c1-31(2)19-43(84-7)69(103)90-59-61(98)35-12-15-47(41(79)21-35)112-49-23-37-24-50(65(49)117-76-66(63(100)62(99)51(30-93)114-76)116-54-29-78(6,83)68(102)33(4)111-54)113-48-16-13-36(22-42(48)80)64(115-53-28-77(5,82)67(101)32(3)110-53)60-75(109)89-58(71(105)85-17-10-18-92(8)9)40-25-38(94)26-46(96)55(40)39-20-34(11-14-45(39)95)56(72(106)91-60)88-73(107)57(37)87-70(104)44(27-52(81)97)86-74(59)108/h11-16,20-26,31-33,43-44,51,53-54,56-64,66-68,76,84,93-96,98-102H,10,17-19,27-30,82-83H2,1-9H3,(H2,81,97)(H,85,105)(H,86,108)(H,87,104)(H,88,107)(H,89,109)(H,90,103)(H,91,106)/t32-,33-,43+,44-,51+,53-,54-,56+,57+,58-,59+,60-,61+,62+,63-,64+,66+,67-,68+,76-,77-,78-/m0/s1. The number of nitrogens with two attached hydrogens (primary N) is 3. The summed E-state index contributed by atoms with van der Waals surface area (Å²) in [4.78, 5) is 124. The number of nitrogens with zero attached hydrogens (tertiary/aromatic N) is 1. The van der Waals surface area contributed by atoms with Gasteiger partial charge in [0.1, 0.15) is 95.5 Å². The van der Waals surface area contributed by atoms with Crippen LogP contribution in [0.4, 0.5) is 0 Å². The van der Waals surface area contributed by atoms with Crippen LogP contribution >= 0.6 is 23.2 Å². The molecule has 0 aromatic heterocycles. The number of aliphatic hydroxyl groups excluding tert-OH is 6. The number of likely N-dealkylation sites (N-methyl/N-ethyl adjacent to an activating group) is 1. The molecule has 8 amide bonds. The van der Waals surface area contributed by atoms with E-state index in [0.29, 0.717) is 13.0 Å². The van der Waals surface area contributed by atoms with Crippen LogP contribution in [0, 0.1) is 5.92 Å². The smallest absolute Gasteiger partial charge is 0.248 e. The Morgan fingerprint density at radius 1 is 0.675 bits per heavy atom. The summed E-state index contributed by atoms with van der Waals surface area (Å²) < 4.78 is 52.2. The molecule has 11 bridgehead atoms. The highest BCUT2D eigenvalue weighted by Crippen LogP contribution is 2.50. The van der Waals surface area contributed by atoms with E-state index >= 15 is 28.8 Å². The van der Waals surface area contributed by atoms with Crippen molar-refractivity contribution in [1.29, 1.82) is 0 Å². The third kappa shape index (κ3) is 19.8. The molecule has 22 atom stereocenters. The summed E-state index contributed by atoms with van der Waals surface area (Å²) in [5, 5.41) is 125. The molecule has 5 aromatic carbocycles. The molecule has 0 aliphatic carbocycles. The van der Waals surface area contributed by atoms with Crippen molar-refractivity contribution in [3.63, 3.8) is 0 Å². The van der Waals surface area contributed by atoms with Gasteiger partial charge in [-0.1, -0.05) is 55.2 Å². The Hall–Kier alpha value is -9.36. The lowest BCUT2D eigenvalue weighted by Gasteiger charge is -2.47. The number of ether oxygens (including phenoxy) is 8.